The summed E-state index contributed by atoms with van der Waals surface area (Å²) in [5.74, 6) is 0.255. The minimum atomic E-state index is -0.475. The van der Waals surface area contributed by atoms with E-state index in [0.29, 0.717) is 6.42 Å². The van der Waals surface area contributed by atoms with Gasteiger partial charge in [0.25, 0.3) is 0 Å². The average molecular weight is 225 g/mol. The van der Waals surface area contributed by atoms with Gasteiger partial charge in [-0.2, -0.15) is 0 Å². The van der Waals surface area contributed by atoms with Crippen LogP contribution >= 0.6 is 0 Å². The molecule has 5 heteroatoms. The van der Waals surface area contributed by atoms with E-state index >= 15 is 0 Å². The predicted octanol–water partition coefficient (Wildman–Crippen LogP) is 2.05. The summed E-state index contributed by atoms with van der Waals surface area (Å²) in [6.45, 7) is 3.75. The highest BCUT2D eigenvalue weighted by atomic mass is 16.6. The van der Waals surface area contributed by atoms with Crippen LogP contribution in [0.3, 0.4) is 0 Å². The summed E-state index contributed by atoms with van der Waals surface area (Å²) in [7, 11) is 0. The Morgan fingerprint density at radius 1 is 1.56 bits per heavy atom. The van der Waals surface area contributed by atoms with Gasteiger partial charge in [0.05, 0.1) is 17.6 Å². The largest absolute Gasteiger partial charge is 0.487 e. The minimum Gasteiger partial charge on any atom is -0.487 e. The molecule has 0 heterocycles. The summed E-state index contributed by atoms with van der Waals surface area (Å²) < 4.78 is 5.29. The van der Waals surface area contributed by atoms with Crippen molar-refractivity contribution in [2.75, 3.05) is 6.61 Å². The first-order valence-corrected chi connectivity index (χ1v) is 5.06. The van der Waals surface area contributed by atoms with Gasteiger partial charge in [0, 0.05) is 12.5 Å². The van der Waals surface area contributed by atoms with E-state index in [0.717, 1.165) is 5.56 Å². The lowest BCUT2D eigenvalue weighted by atomic mass is 10.2. The number of rotatable bonds is 5. The lowest BCUT2D eigenvalue weighted by Crippen LogP contribution is -2.08. The SMILES string of the molecule is Cc1ccc([N+](=O)[O-])c(OCCC(C)O)c1. The molecule has 1 rings (SSSR count). The Hall–Kier alpha value is -1.62. The number of aliphatic hydroxyl groups excluding tert-OH is 1. The van der Waals surface area contributed by atoms with Crippen molar-refractivity contribution in [2.24, 2.45) is 0 Å². The molecule has 0 saturated heterocycles. The van der Waals surface area contributed by atoms with Crippen molar-refractivity contribution in [3.63, 3.8) is 0 Å². The second-order valence-corrected chi connectivity index (χ2v) is 3.71. The van der Waals surface area contributed by atoms with Crippen molar-refractivity contribution in [2.45, 2.75) is 26.4 Å². The van der Waals surface area contributed by atoms with Gasteiger partial charge in [-0.3, -0.25) is 10.1 Å². The van der Waals surface area contributed by atoms with Gasteiger partial charge in [-0.25, -0.2) is 0 Å². The number of aryl methyl sites for hydroxylation is 1. The van der Waals surface area contributed by atoms with Crippen molar-refractivity contribution in [1.82, 2.24) is 0 Å². The number of benzene rings is 1. The number of nitrogens with zero attached hydrogens (tertiary/aromatic N) is 1. The van der Waals surface area contributed by atoms with Crippen molar-refractivity contribution in [3.05, 3.63) is 33.9 Å². The lowest BCUT2D eigenvalue weighted by molar-refractivity contribution is -0.385. The zero-order valence-electron chi connectivity index (χ0n) is 9.34. The van der Waals surface area contributed by atoms with Gasteiger partial charge >= 0.3 is 5.69 Å². The van der Waals surface area contributed by atoms with E-state index in [4.69, 9.17) is 9.84 Å². The topological polar surface area (TPSA) is 72.6 Å². The maximum absolute atomic E-state index is 10.7. The van der Waals surface area contributed by atoms with Gasteiger partial charge in [-0.15, -0.1) is 0 Å². The molecule has 0 amide bonds. The van der Waals surface area contributed by atoms with E-state index in [2.05, 4.69) is 0 Å². The summed E-state index contributed by atoms with van der Waals surface area (Å²) in [6.07, 6.45) is -0.0191. The molecule has 0 fully saturated rings. The molecule has 0 aliphatic rings. The van der Waals surface area contributed by atoms with Gasteiger partial charge in [-0.1, -0.05) is 6.07 Å². The molecule has 16 heavy (non-hydrogen) atoms. The molecule has 0 bridgehead atoms. The first-order chi connectivity index (χ1) is 7.50. The third-order valence-electron chi connectivity index (χ3n) is 2.11. The van der Waals surface area contributed by atoms with Crippen LogP contribution in [0.25, 0.3) is 0 Å². The van der Waals surface area contributed by atoms with Gasteiger partial charge in [0.1, 0.15) is 0 Å². The first-order valence-electron chi connectivity index (χ1n) is 5.06. The van der Waals surface area contributed by atoms with Crippen LogP contribution in [0.2, 0.25) is 0 Å². The van der Waals surface area contributed by atoms with E-state index < -0.39 is 11.0 Å². The van der Waals surface area contributed by atoms with Gasteiger partial charge < -0.3 is 9.84 Å². The molecule has 1 unspecified atom stereocenters. The monoisotopic (exact) mass is 225 g/mol. The molecule has 1 N–H and O–H groups in total. The maximum Gasteiger partial charge on any atom is 0.310 e. The number of hydrogen-bond acceptors (Lipinski definition) is 4. The van der Waals surface area contributed by atoms with Crippen LogP contribution in [0, 0.1) is 17.0 Å². The number of ether oxygens (including phenoxy) is 1. The van der Waals surface area contributed by atoms with Crippen molar-refractivity contribution in [1.29, 1.82) is 0 Å². The van der Waals surface area contributed by atoms with Gasteiger partial charge in [0.2, 0.25) is 0 Å². The molecule has 0 spiro atoms. The molecular weight excluding hydrogens is 210 g/mol. The Morgan fingerprint density at radius 3 is 2.81 bits per heavy atom. The van der Waals surface area contributed by atoms with Crippen LogP contribution in [0.1, 0.15) is 18.9 Å². The molecule has 0 aliphatic carbocycles. The third-order valence-corrected chi connectivity index (χ3v) is 2.11. The number of nitro groups is 1. The van der Waals surface area contributed by atoms with Crippen molar-refractivity contribution in [3.8, 4) is 5.75 Å². The van der Waals surface area contributed by atoms with Crippen LogP contribution in [0.5, 0.6) is 5.75 Å². The minimum absolute atomic E-state index is 0.0452. The maximum atomic E-state index is 10.7. The molecule has 5 nitrogen and oxygen atoms in total. The smallest absolute Gasteiger partial charge is 0.310 e. The number of hydrogen-bond donors (Lipinski definition) is 1. The van der Waals surface area contributed by atoms with Crippen LogP contribution < -0.4 is 4.74 Å². The molecule has 0 radical (unpaired) electrons. The standard InChI is InChI=1S/C11H15NO4/c1-8-3-4-10(12(14)15)11(7-8)16-6-5-9(2)13/h3-4,7,9,13H,5-6H2,1-2H3. The zero-order valence-corrected chi connectivity index (χ0v) is 9.34. The molecule has 1 aromatic carbocycles. The molecular formula is C11H15NO4. The summed E-state index contributed by atoms with van der Waals surface area (Å²) in [4.78, 5) is 10.2. The molecule has 1 aromatic rings. The first kappa shape index (κ1) is 12.4. The summed E-state index contributed by atoms with van der Waals surface area (Å²) in [5.41, 5.74) is 0.855. The van der Waals surface area contributed by atoms with Crippen LogP contribution in [0.15, 0.2) is 18.2 Å². The van der Waals surface area contributed by atoms with E-state index in [1.165, 1.54) is 6.07 Å². The number of nitro benzene ring substituents is 1. The zero-order chi connectivity index (χ0) is 12.1. The molecule has 88 valence electrons. The fourth-order valence-corrected chi connectivity index (χ4v) is 1.23. The fraction of sp³-hybridized carbons (Fsp3) is 0.455. The highest BCUT2D eigenvalue weighted by Gasteiger charge is 2.14. The molecule has 0 aliphatic heterocycles. The van der Waals surface area contributed by atoms with Crippen LogP contribution in [-0.4, -0.2) is 22.7 Å². The van der Waals surface area contributed by atoms with E-state index in [1.54, 1.807) is 19.1 Å². The second-order valence-electron chi connectivity index (χ2n) is 3.71. The average Bonchev–Trinajstić information content (AvgIpc) is 2.16. The van der Waals surface area contributed by atoms with E-state index in [1.807, 2.05) is 6.92 Å². The van der Waals surface area contributed by atoms with Gasteiger partial charge in [-0.05, 0) is 25.5 Å². The highest BCUT2D eigenvalue weighted by Crippen LogP contribution is 2.27. The summed E-state index contributed by atoms with van der Waals surface area (Å²) >= 11 is 0. The van der Waals surface area contributed by atoms with Gasteiger partial charge in [0.15, 0.2) is 5.75 Å². The quantitative estimate of drug-likeness (QED) is 0.614. The Kier molecular flexibility index (Phi) is 4.25. The number of aliphatic hydroxyl groups is 1. The Morgan fingerprint density at radius 2 is 2.25 bits per heavy atom. The second kappa shape index (κ2) is 5.46. The predicted molar refractivity (Wildman–Crippen MR) is 59.6 cm³/mol. The third kappa shape index (κ3) is 3.51. The summed E-state index contributed by atoms with van der Waals surface area (Å²) in [6, 6.07) is 4.72. The Bertz CT molecular complexity index is 376. The van der Waals surface area contributed by atoms with E-state index in [-0.39, 0.29) is 18.0 Å². The molecule has 0 aromatic heterocycles. The molecule has 1 atom stereocenters. The Balaban J connectivity index is 2.76. The van der Waals surface area contributed by atoms with Crippen LogP contribution in [-0.2, 0) is 0 Å². The fourth-order valence-electron chi connectivity index (χ4n) is 1.23. The van der Waals surface area contributed by atoms with Crippen molar-refractivity contribution >= 4 is 5.69 Å². The highest BCUT2D eigenvalue weighted by molar-refractivity contribution is 5.48. The van der Waals surface area contributed by atoms with Crippen molar-refractivity contribution < 1.29 is 14.8 Å². The lowest BCUT2D eigenvalue weighted by Gasteiger charge is -2.08. The Labute approximate surface area is 93.8 Å². The molecule has 0 saturated carbocycles. The van der Waals surface area contributed by atoms with Crippen LogP contribution in [0.4, 0.5) is 5.69 Å². The van der Waals surface area contributed by atoms with E-state index in [9.17, 15) is 10.1 Å². The summed E-state index contributed by atoms with van der Waals surface area (Å²) in [5, 5.41) is 19.8. The normalized spacial score (nSPS) is 12.2.